The maximum Gasteiger partial charge on any atom is 0.305 e. The van der Waals surface area contributed by atoms with Gasteiger partial charge in [-0.25, -0.2) is 4.99 Å². The fraction of sp³-hybridized carbons (Fsp3) is 0.636. The van der Waals surface area contributed by atoms with Crippen LogP contribution in [0.1, 0.15) is 44.2 Å². The summed E-state index contributed by atoms with van der Waals surface area (Å²) in [4.78, 5) is 16.1. The molecule has 0 saturated carbocycles. The number of hydrogen-bond donors (Lipinski definition) is 2. The molecule has 1 unspecified atom stereocenters. The monoisotopic (exact) mass is 405 g/mol. The largest absolute Gasteiger partial charge is 0.493 e. The Morgan fingerprint density at radius 2 is 2.17 bits per heavy atom. The fourth-order valence-electron chi connectivity index (χ4n) is 3.03. The average Bonchev–Trinajstić information content (AvgIpc) is 3.22. The van der Waals surface area contributed by atoms with E-state index >= 15 is 0 Å². The minimum Gasteiger partial charge on any atom is -0.493 e. The molecule has 1 heterocycles. The highest BCUT2D eigenvalue weighted by atomic mass is 16.5. The average molecular weight is 406 g/mol. The lowest BCUT2D eigenvalue weighted by Gasteiger charge is -2.15. The Morgan fingerprint density at radius 1 is 1.31 bits per heavy atom. The third-order valence-electron chi connectivity index (χ3n) is 4.63. The molecule has 0 aliphatic carbocycles. The van der Waals surface area contributed by atoms with E-state index in [0.717, 1.165) is 43.5 Å². The van der Waals surface area contributed by atoms with Crippen molar-refractivity contribution in [2.45, 2.75) is 46.6 Å². The van der Waals surface area contributed by atoms with Crippen molar-refractivity contribution in [3.05, 3.63) is 29.3 Å². The van der Waals surface area contributed by atoms with Crippen LogP contribution in [0, 0.1) is 12.8 Å². The number of aryl methyl sites for hydroxylation is 1. The number of carbonyl (C=O) groups is 1. The third kappa shape index (κ3) is 8.73. The van der Waals surface area contributed by atoms with Crippen molar-refractivity contribution >= 4 is 11.9 Å². The first-order chi connectivity index (χ1) is 14.1. The molecule has 2 rings (SSSR count). The Morgan fingerprint density at radius 3 is 2.90 bits per heavy atom. The first-order valence-corrected chi connectivity index (χ1v) is 10.6. The van der Waals surface area contributed by atoms with Crippen molar-refractivity contribution in [1.29, 1.82) is 0 Å². The highest BCUT2D eigenvalue weighted by Crippen LogP contribution is 2.23. The van der Waals surface area contributed by atoms with Crippen LogP contribution in [0.2, 0.25) is 0 Å². The first-order valence-electron chi connectivity index (χ1n) is 10.6. The molecule has 1 aromatic carbocycles. The van der Waals surface area contributed by atoms with E-state index in [2.05, 4.69) is 40.7 Å². The second kappa shape index (κ2) is 13.0. The quantitative estimate of drug-likeness (QED) is 0.255. The summed E-state index contributed by atoms with van der Waals surface area (Å²) in [5.41, 5.74) is 2.22. The molecule has 162 valence electrons. The summed E-state index contributed by atoms with van der Waals surface area (Å²) >= 11 is 0. The first kappa shape index (κ1) is 23.0. The molecule has 7 nitrogen and oxygen atoms in total. The van der Waals surface area contributed by atoms with Gasteiger partial charge in [0.2, 0.25) is 0 Å². The number of nitrogens with zero attached hydrogens (tertiary/aromatic N) is 1. The van der Waals surface area contributed by atoms with Gasteiger partial charge in [0.05, 0.1) is 26.4 Å². The van der Waals surface area contributed by atoms with Gasteiger partial charge in [0.15, 0.2) is 5.96 Å². The molecular formula is C22H35N3O4. The van der Waals surface area contributed by atoms with Gasteiger partial charge >= 0.3 is 5.97 Å². The summed E-state index contributed by atoms with van der Waals surface area (Å²) in [6.45, 7) is 10.5. The highest BCUT2D eigenvalue weighted by molar-refractivity contribution is 5.79. The number of ether oxygens (including phenoxy) is 3. The van der Waals surface area contributed by atoms with Crippen LogP contribution in [0.3, 0.4) is 0 Å². The lowest BCUT2D eigenvalue weighted by atomic mass is 10.1. The number of benzene rings is 1. The van der Waals surface area contributed by atoms with Crippen LogP contribution in [0.15, 0.2) is 23.2 Å². The summed E-state index contributed by atoms with van der Waals surface area (Å²) in [6, 6.07) is 6.22. The number of esters is 1. The molecule has 0 spiro atoms. The predicted octanol–water partition coefficient (Wildman–Crippen LogP) is 2.81. The molecule has 0 aromatic heterocycles. The number of carbonyl (C=O) groups excluding carboxylic acids is 1. The molecule has 29 heavy (non-hydrogen) atoms. The minimum absolute atomic E-state index is 0.162. The molecule has 1 atom stereocenters. The van der Waals surface area contributed by atoms with Gasteiger partial charge in [-0.3, -0.25) is 4.79 Å². The SMILES string of the molecule is CCNC(=NCc1ccc(C)cc1OCC1CCOC1)NCCCC(=O)OCC. The minimum atomic E-state index is -0.162. The maximum atomic E-state index is 11.4. The van der Waals surface area contributed by atoms with Crippen molar-refractivity contribution in [3.63, 3.8) is 0 Å². The van der Waals surface area contributed by atoms with Gasteiger partial charge in [0.1, 0.15) is 5.75 Å². The smallest absolute Gasteiger partial charge is 0.305 e. The molecule has 1 aliphatic rings. The lowest BCUT2D eigenvalue weighted by molar-refractivity contribution is -0.143. The highest BCUT2D eigenvalue weighted by Gasteiger charge is 2.17. The molecule has 1 aliphatic heterocycles. The van der Waals surface area contributed by atoms with Crippen molar-refractivity contribution in [2.24, 2.45) is 10.9 Å². The van der Waals surface area contributed by atoms with Crippen LogP contribution in [0.4, 0.5) is 0 Å². The third-order valence-corrected chi connectivity index (χ3v) is 4.63. The van der Waals surface area contributed by atoms with E-state index in [-0.39, 0.29) is 5.97 Å². The van der Waals surface area contributed by atoms with Crippen molar-refractivity contribution < 1.29 is 19.0 Å². The normalized spacial score (nSPS) is 16.5. The van der Waals surface area contributed by atoms with Gasteiger partial charge in [0.25, 0.3) is 0 Å². The standard InChI is InChI=1S/C22H35N3O4/c1-4-23-22(24-11-6-7-21(26)28-5-2)25-14-19-9-8-17(3)13-20(19)29-16-18-10-12-27-15-18/h8-9,13,18H,4-7,10-12,14-16H2,1-3H3,(H2,23,24,25). The van der Waals surface area contributed by atoms with Crippen molar-refractivity contribution in [1.82, 2.24) is 10.6 Å². The molecule has 7 heteroatoms. The van der Waals surface area contributed by atoms with Gasteiger partial charge in [-0.15, -0.1) is 0 Å². The molecule has 1 saturated heterocycles. The zero-order valence-electron chi connectivity index (χ0n) is 18.0. The number of aliphatic imine (C=N–C) groups is 1. The van der Waals surface area contributed by atoms with Crippen LogP contribution in [0.5, 0.6) is 5.75 Å². The van der Waals surface area contributed by atoms with Crippen LogP contribution in [0.25, 0.3) is 0 Å². The number of nitrogens with one attached hydrogen (secondary N) is 2. The van der Waals surface area contributed by atoms with Gasteiger partial charge in [-0.1, -0.05) is 12.1 Å². The van der Waals surface area contributed by atoms with Crippen LogP contribution in [-0.4, -0.2) is 51.4 Å². The van der Waals surface area contributed by atoms with E-state index in [0.29, 0.717) is 45.1 Å². The van der Waals surface area contributed by atoms with Gasteiger partial charge in [0, 0.05) is 37.6 Å². The zero-order valence-corrected chi connectivity index (χ0v) is 18.0. The summed E-state index contributed by atoms with van der Waals surface area (Å²) in [6.07, 6.45) is 2.16. The number of rotatable bonds is 11. The predicted molar refractivity (Wildman–Crippen MR) is 114 cm³/mol. The Labute approximate surface area is 174 Å². The Hall–Kier alpha value is -2.28. The molecule has 1 fully saturated rings. The Kier molecular flexibility index (Phi) is 10.3. The van der Waals surface area contributed by atoms with Crippen LogP contribution in [-0.2, 0) is 20.8 Å². The molecule has 0 bridgehead atoms. The molecular weight excluding hydrogens is 370 g/mol. The van der Waals surface area contributed by atoms with E-state index in [9.17, 15) is 4.79 Å². The number of guanidine groups is 1. The summed E-state index contributed by atoms with van der Waals surface area (Å²) in [5.74, 6) is 1.92. The van der Waals surface area contributed by atoms with Gasteiger partial charge in [-0.05, 0) is 45.2 Å². The second-order valence-corrected chi connectivity index (χ2v) is 7.18. The van der Waals surface area contributed by atoms with Gasteiger partial charge < -0.3 is 24.8 Å². The van der Waals surface area contributed by atoms with Gasteiger partial charge in [-0.2, -0.15) is 0 Å². The van der Waals surface area contributed by atoms with E-state index in [1.807, 2.05) is 13.8 Å². The summed E-state index contributed by atoms with van der Waals surface area (Å²) in [5, 5.41) is 6.51. The molecule has 0 amide bonds. The van der Waals surface area contributed by atoms with E-state index in [1.54, 1.807) is 0 Å². The Balaban J connectivity index is 1.90. The number of hydrogen-bond acceptors (Lipinski definition) is 5. The maximum absolute atomic E-state index is 11.4. The van der Waals surface area contributed by atoms with E-state index < -0.39 is 0 Å². The van der Waals surface area contributed by atoms with Crippen molar-refractivity contribution in [2.75, 3.05) is 39.5 Å². The zero-order chi connectivity index (χ0) is 20.9. The molecule has 1 aromatic rings. The summed E-state index contributed by atoms with van der Waals surface area (Å²) in [7, 11) is 0. The molecule has 2 N–H and O–H groups in total. The summed E-state index contributed by atoms with van der Waals surface area (Å²) < 4.78 is 16.5. The van der Waals surface area contributed by atoms with Crippen LogP contribution >= 0.6 is 0 Å². The second-order valence-electron chi connectivity index (χ2n) is 7.18. The lowest BCUT2D eigenvalue weighted by Crippen LogP contribution is -2.37. The van der Waals surface area contributed by atoms with Crippen LogP contribution < -0.4 is 15.4 Å². The topological polar surface area (TPSA) is 81.2 Å². The van der Waals surface area contributed by atoms with E-state index in [1.165, 1.54) is 5.56 Å². The Bertz CT molecular complexity index is 657. The molecule has 0 radical (unpaired) electrons. The van der Waals surface area contributed by atoms with Crippen molar-refractivity contribution in [3.8, 4) is 5.75 Å². The van der Waals surface area contributed by atoms with E-state index in [4.69, 9.17) is 14.2 Å². The fourth-order valence-corrected chi connectivity index (χ4v) is 3.03.